The molecule has 0 amide bonds. The van der Waals surface area contributed by atoms with Crippen LogP contribution in [0.3, 0.4) is 0 Å². The Balaban J connectivity index is 3.74. The van der Waals surface area contributed by atoms with Gasteiger partial charge in [0.1, 0.15) is 23.0 Å². The first-order valence-electron chi connectivity index (χ1n) is 4.27. The number of halogens is 1. The van der Waals surface area contributed by atoms with E-state index in [0.717, 1.165) is 13.0 Å². The Labute approximate surface area is 92.9 Å². The first kappa shape index (κ1) is 13.1. The zero-order chi connectivity index (χ0) is 10.3. The van der Waals surface area contributed by atoms with E-state index >= 15 is 0 Å². The molecule has 1 N–H and O–H groups in total. The summed E-state index contributed by atoms with van der Waals surface area (Å²) >= 11 is 1.84. The van der Waals surface area contributed by atoms with Crippen LogP contribution in [0.4, 0.5) is 0 Å². The van der Waals surface area contributed by atoms with Gasteiger partial charge < -0.3 is 8.17 Å². The van der Waals surface area contributed by atoms with Crippen LogP contribution in [0.25, 0.3) is 0 Å². The molecule has 0 radical (unpaired) electrons. The van der Waals surface area contributed by atoms with Crippen molar-refractivity contribution < 1.29 is 13.0 Å². The molecular formula is C8H16INO3. The van der Waals surface area contributed by atoms with Crippen molar-refractivity contribution >= 4 is 29.0 Å². The second kappa shape index (κ2) is 7.52. The van der Waals surface area contributed by atoms with E-state index in [1.165, 1.54) is 0 Å². The summed E-state index contributed by atoms with van der Waals surface area (Å²) in [5.74, 6) is -0.774. The van der Waals surface area contributed by atoms with Gasteiger partial charge in [-0.1, -0.05) is 0 Å². The molecule has 0 fully saturated rings. The predicted molar refractivity (Wildman–Crippen MR) is 58.9 cm³/mol. The van der Waals surface area contributed by atoms with Gasteiger partial charge >= 0.3 is 5.97 Å². The Morgan fingerprint density at radius 3 is 2.62 bits per heavy atom. The van der Waals surface area contributed by atoms with Gasteiger partial charge in [-0.05, 0) is 20.3 Å². The molecule has 0 aliphatic heterocycles. The maximum atomic E-state index is 10.5. The monoisotopic (exact) mass is 301 g/mol. The highest BCUT2D eigenvalue weighted by molar-refractivity contribution is 14.1. The lowest BCUT2D eigenvalue weighted by Gasteiger charge is -2.23. The third-order valence-electron chi connectivity index (χ3n) is 1.74. The second-order valence-corrected chi connectivity index (χ2v) is 3.75. The predicted octanol–water partition coefficient (Wildman–Crippen LogP) is 1.54. The normalized spacial score (nSPS) is 11.2. The van der Waals surface area contributed by atoms with Gasteiger partial charge in [0.2, 0.25) is 0 Å². The Morgan fingerprint density at radius 2 is 2.23 bits per heavy atom. The molecular weight excluding hydrogens is 285 g/mol. The quantitative estimate of drug-likeness (QED) is 0.572. The van der Waals surface area contributed by atoms with E-state index in [0.29, 0.717) is 6.61 Å². The number of hydrogen-bond donors (Lipinski definition) is 1. The average molecular weight is 301 g/mol. The standard InChI is InChI=1S/C8H16INO3/c1-7(2)10(6-8(11)12)4-3-5-13-9/h7H,3-6H2,1-2H3,(H,11,12). The Hall–Kier alpha value is 0.120. The minimum atomic E-state index is -0.774. The van der Waals surface area contributed by atoms with E-state index in [9.17, 15) is 4.79 Å². The minimum absolute atomic E-state index is 0.110. The summed E-state index contributed by atoms with van der Waals surface area (Å²) in [7, 11) is 0. The van der Waals surface area contributed by atoms with Crippen LogP contribution in [0.15, 0.2) is 0 Å². The van der Waals surface area contributed by atoms with Crippen LogP contribution in [0.2, 0.25) is 0 Å². The van der Waals surface area contributed by atoms with Gasteiger partial charge in [0.05, 0.1) is 13.2 Å². The van der Waals surface area contributed by atoms with Gasteiger partial charge in [-0.2, -0.15) is 0 Å². The van der Waals surface area contributed by atoms with Crippen molar-refractivity contribution in [3.8, 4) is 0 Å². The number of nitrogens with zero attached hydrogens (tertiary/aromatic N) is 1. The molecule has 0 saturated heterocycles. The summed E-state index contributed by atoms with van der Waals surface area (Å²) in [6, 6.07) is 0.269. The van der Waals surface area contributed by atoms with Crippen molar-refractivity contribution in [1.29, 1.82) is 0 Å². The molecule has 0 atom stereocenters. The van der Waals surface area contributed by atoms with Crippen molar-refractivity contribution in [2.75, 3.05) is 19.7 Å². The van der Waals surface area contributed by atoms with Gasteiger partial charge in [-0.3, -0.25) is 9.69 Å². The molecule has 0 bridgehead atoms. The molecule has 13 heavy (non-hydrogen) atoms. The zero-order valence-corrected chi connectivity index (χ0v) is 10.2. The molecule has 0 aliphatic rings. The summed E-state index contributed by atoms with van der Waals surface area (Å²) in [4.78, 5) is 12.4. The molecule has 0 heterocycles. The lowest BCUT2D eigenvalue weighted by molar-refractivity contribution is -0.138. The number of aliphatic carboxylic acids is 1. The molecule has 78 valence electrons. The van der Waals surface area contributed by atoms with Gasteiger partial charge in [-0.25, -0.2) is 0 Å². The summed E-state index contributed by atoms with van der Waals surface area (Å²) in [6.45, 7) is 5.54. The van der Waals surface area contributed by atoms with E-state index in [1.54, 1.807) is 0 Å². The zero-order valence-electron chi connectivity index (χ0n) is 7.99. The van der Waals surface area contributed by atoms with E-state index < -0.39 is 5.97 Å². The molecule has 0 rings (SSSR count). The van der Waals surface area contributed by atoms with E-state index in [1.807, 2.05) is 41.8 Å². The maximum Gasteiger partial charge on any atom is 0.317 e. The van der Waals surface area contributed by atoms with Crippen molar-refractivity contribution in [3.05, 3.63) is 0 Å². The third kappa shape index (κ3) is 7.21. The third-order valence-corrected chi connectivity index (χ3v) is 2.18. The van der Waals surface area contributed by atoms with Crippen LogP contribution < -0.4 is 0 Å². The number of carboxylic acids is 1. The number of rotatable bonds is 7. The fraction of sp³-hybridized carbons (Fsp3) is 0.875. The molecule has 4 nitrogen and oxygen atoms in total. The molecule has 0 aromatic heterocycles. The topological polar surface area (TPSA) is 49.8 Å². The average Bonchev–Trinajstić information content (AvgIpc) is 2.02. The lowest BCUT2D eigenvalue weighted by Crippen LogP contribution is -2.36. The SMILES string of the molecule is CC(C)N(CCCOI)CC(=O)O. The van der Waals surface area contributed by atoms with Crippen molar-refractivity contribution in [2.45, 2.75) is 26.3 Å². The Morgan fingerprint density at radius 1 is 1.62 bits per heavy atom. The smallest absolute Gasteiger partial charge is 0.317 e. The van der Waals surface area contributed by atoms with E-state index in [-0.39, 0.29) is 12.6 Å². The highest BCUT2D eigenvalue weighted by atomic mass is 127. The summed E-state index contributed by atoms with van der Waals surface area (Å²) in [5.41, 5.74) is 0. The molecule has 0 aromatic carbocycles. The largest absolute Gasteiger partial charge is 0.480 e. The molecule has 0 aromatic rings. The van der Waals surface area contributed by atoms with Gasteiger partial charge in [0, 0.05) is 12.6 Å². The summed E-state index contributed by atoms with van der Waals surface area (Å²) in [6.07, 6.45) is 0.869. The van der Waals surface area contributed by atoms with Crippen molar-refractivity contribution in [1.82, 2.24) is 4.90 Å². The van der Waals surface area contributed by atoms with E-state index in [4.69, 9.17) is 8.17 Å². The van der Waals surface area contributed by atoms with Crippen molar-refractivity contribution in [3.63, 3.8) is 0 Å². The Kier molecular flexibility index (Phi) is 7.59. The van der Waals surface area contributed by atoms with Gasteiger partial charge in [0.15, 0.2) is 0 Å². The first-order valence-corrected chi connectivity index (χ1v) is 5.15. The summed E-state index contributed by atoms with van der Waals surface area (Å²) < 4.78 is 4.87. The van der Waals surface area contributed by atoms with Crippen LogP contribution >= 0.6 is 23.0 Å². The molecule has 0 spiro atoms. The van der Waals surface area contributed by atoms with Crippen LogP contribution in [0.5, 0.6) is 0 Å². The second-order valence-electron chi connectivity index (χ2n) is 3.12. The fourth-order valence-corrected chi connectivity index (χ4v) is 1.33. The van der Waals surface area contributed by atoms with Crippen molar-refractivity contribution in [2.24, 2.45) is 0 Å². The lowest BCUT2D eigenvalue weighted by atomic mass is 10.3. The van der Waals surface area contributed by atoms with E-state index in [2.05, 4.69) is 0 Å². The number of carboxylic acid groups (broad SMARTS) is 1. The van der Waals surface area contributed by atoms with Gasteiger partial charge in [0.25, 0.3) is 0 Å². The Bertz CT molecular complexity index is 152. The highest BCUT2D eigenvalue weighted by Gasteiger charge is 2.12. The minimum Gasteiger partial charge on any atom is -0.480 e. The van der Waals surface area contributed by atoms with Crippen LogP contribution in [0, 0.1) is 0 Å². The first-order chi connectivity index (χ1) is 6.07. The highest BCUT2D eigenvalue weighted by Crippen LogP contribution is 2.00. The molecule has 0 aliphatic carbocycles. The fourth-order valence-electron chi connectivity index (χ4n) is 1.02. The number of hydrogen-bond acceptors (Lipinski definition) is 3. The van der Waals surface area contributed by atoms with Crippen LogP contribution in [0.1, 0.15) is 20.3 Å². The molecule has 0 saturated carbocycles. The van der Waals surface area contributed by atoms with Crippen LogP contribution in [-0.4, -0.2) is 41.7 Å². The molecule has 0 unspecified atom stereocenters. The summed E-state index contributed by atoms with van der Waals surface area (Å²) in [5, 5.41) is 8.61. The van der Waals surface area contributed by atoms with Crippen LogP contribution in [-0.2, 0) is 7.86 Å². The van der Waals surface area contributed by atoms with Gasteiger partial charge in [-0.15, -0.1) is 0 Å². The number of carbonyl (C=O) groups is 1. The molecule has 5 heteroatoms. The maximum absolute atomic E-state index is 10.5.